The van der Waals surface area contributed by atoms with Crippen LogP contribution in [-0.4, -0.2) is 49.5 Å². The second kappa shape index (κ2) is 9.56. The molecule has 0 heterocycles. The van der Waals surface area contributed by atoms with Gasteiger partial charge in [-0.3, -0.25) is 9.69 Å². The van der Waals surface area contributed by atoms with Gasteiger partial charge in [-0.15, -0.1) is 0 Å². The Labute approximate surface area is 141 Å². The molecule has 1 aromatic carbocycles. The van der Waals surface area contributed by atoms with E-state index < -0.39 is 0 Å². The Morgan fingerprint density at radius 1 is 1.13 bits per heavy atom. The number of rotatable bonds is 9. The molecule has 130 valence electrons. The highest BCUT2D eigenvalue weighted by Gasteiger charge is 2.18. The third kappa shape index (κ3) is 7.51. The van der Waals surface area contributed by atoms with E-state index in [0.29, 0.717) is 18.4 Å². The van der Waals surface area contributed by atoms with Crippen molar-refractivity contribution in [3.63, 3.8) is 0 Å². The van der Waals surface area contributed by atoms with E-state index in [4.69, 9.17) is 4.74 Å². The van der Waals surface area contributed by atoms with Gasteiger partial charge in [0.1, 0.15) is 5.75 Å². The molecule has 1 aromatic rings. The molecule has 0 saturated carbocycles. The van der Waals surface area contributed by atoms with E-state index in [9.17, 15) is 4.79 Å². The summed E-state index contributed by atoms with van der Waals surface area (Å²) in [7, 11) is 3.66. The summed E-state index contributed by atoms with van der Waals surface area (Å²) >= 11 is 0. The normalized spacial score (nSPS) is 11.3. The minimum Gasteiger partial charge on any atom is -0.497 e. The molecule has 0 unspecified atom stereocenters. The maximum absolute atomic E-state index is 12.6. The van der Waals surface area contributed by atoms with Crippen LogP contribution in [0.2, 0.25) is 0 Å². The summed E-state index contributed by atoms with van der Waals surface area (Å²) < 4.78 is 5.25. The van der Waals surface area contributed by atoms with Crippen LogP contribution >= 0.6 is 0 Å². The summed E-state index contributed by atoms with van der Waals surface area (Å²) in [5.74, 6) is 2.03. The van der Waals surface area contributed by atoms with Crippen molar-refractivity contribution in [2.24, 2.45) is 11.8 Å². The zero-order valence-corrected chi connectivity index (χ0v) is 15.5. The average Bonchev–Trinajstić information content (AvgIpc) is 2.45. The van der Waals surface area contributed by atoms with E-state index >= 15 is 0 Å². The van der Waals surface area contributed by atoms with Crippen LogP contribution in [0.25, 0.3) is 0 Å². The molecule has 0 saturated heterocycles. The lowest BCUT2D eigenvalue weighted by atomic mass is 10.1. The molecular formula is C19H32N2O2. The molecule has 4 nitrogen and oxygen atoms in total. The second-order valence-electron chi connectivity index (χ2n) is 7.11. The number of hydrogen-bond donors (Lipinski definition) is 0. The molecule has 0 bridgehead atoms. The van der Waals surface area contributed by atoms with Crippen LogP contribution in [0.4, 0.5) is 0 Å². The number of methoxy groups -OCH3 is 1. The molecule has 1 rings (SSSR count). The van der Waals surface area contributed by atoms with Gasteiger partial charge in [-0.2, -0.15) is 0 Å². The fourth-order valence-corrected chi connectivity index (χ4v) is 2.63. The van der Waals surface area contributed by atoms with Gasteiger partial charge < -0.3 is 9.64 Å². The Morgan fingerprint density at radius 3 is 2.26 bits per heavy atom. The summed E-state index contributed by atoms with van der Waals surface area (Å²) in [5, 5.41) is 0. The van der Waals surface area contributed by atoms with E-state index in [-0.39, 0.29) is 5.91 Å². The number of amides is 1. The number of ether oxygens (including phenoxy) is 1. The number of likely N-dealkylation sites (N-methyl/N-ethyl adjacent to an activating group) is 1. The summed E-state index contributed by atoms with van der Waals surface area (Å²) in [6.45, 7) is 11.4. The first kappa shape index (κ1) is 19.5. The van der Waals surface area contributed by atoms with Gasteiger partial charge in [-0.05, 0) is 36.6 Å². The van der Waals surface area contributed by atoms with Crippen LogP contribution in [0.3, 0.4) is 0 Å². The SMILES string of the molecule is COc1cccc(CN(C)CC(=O)N(CC(C)C)CC(C)C)c1. The van der Waals surface area contributed by atoms with Crippen molar-refractivity contribution in [2.75, 3.05) is 33.8 Å². The highest BCUT2D eigenvalue weighted by Crippen LogP contribution is 2.14. The number of carbonyl (C=O) groups excluding carboxylic acids is 1. The molecule has 0 spiro atoms. The van der Waals surface area contributed by atoms with Crippen LogP contribution in [0.15, 0.2) is 24.3 Å². The van der Waals surface area contributed by atoms with Gasteiger partial charge in [0.25, 0.3) is 0 Å². The molecule has 0 aromatic heterocycles. The molecule has 0 radical (unpaired) electrons. The molecule has 0 aliphatic rings. The van der Waals surface area contributed by atoms with Crippen LogP contribution in [0.1, 0.15) is 33.3 Å². The molecule has 0 aliphatic carbocycles. The summed E-state index contributed by atoms with van der Waals surface area (Å²) in [4.78, 5) is 16.7. The summed E-state index contributed by atoms with van der Waals surface area (Å²) in [6, 6.07) is 7.99. The Balaban J connectivity index is 2.61. The summed E-state index contributed by atoms with van der Waals surface area (Å²) in [5.41, 5.74) is 1.15. The van der Waals surface area contributed by atoms with Crippen molar-refractivity contribution in [2.45, 2.75) is 34.2 Å². The maximum atomic E-state index is 12.6. The second-order valence-corrected chi connectivity index (χ2v) is 7.11. The number of nitrogens with zero attached hydrogens (tertiary/aromatic N) is 2. The van der Waals surface area contributed by atoms with E-state index in [2.05, 4.69) is 38.7 Å². The van der Waals surface area contributed by atoms with Crippen molar-refractivity contribution < 1.29 is 9.53 Å². The Kier molecular flexibility index (Phi) is 8.10. The first-order valence-electron chi connectivity index (χ1n) is 8.41. The van der Waals surface area contributed by atoms with Crippen LogP contribution in [-0.2, 0) is 11.3 Å². The third-order valence-electron chi connectivity index (χ3n) is 3.52. The lowest BCUT2D eigenvalue weighted by molar-refractivity contribution is -0.133. The van der Waals surface area contributed by atoms with Crippen LogP contribution < -0.4 is 4.74 Å². The lowest BCUT2D eigenvalue weighted by Gasteiger charge is -2.28. The fourth-order valence-electron chi connectivity index (χ4n) is 2.63. The summed E-state index contributed by atoms with van der Waals surface area (Å²) in [6.07, 6.45) is 0. The smallest absolute Gasteiger partial charge is 0.236 e. The molecule has 4 heteroatoms. The highest BCUT2D eigenvalue weighted by atomic mass is 16.5. The fraction of sp³-hybridized carbons (Fsp3) is 0.632. The van der Waals surface area contributed by atoms with Gasteiger partial charge >= 0.3 is 0 Å². The van der Waals surface area contributed by atoms with E-state index in [1.807, 2.05) is 30.1 Å². The van der Waals surface area contributed by atoms with Gasteiger partial charge in [0.15, 0.2) is 0 Å². The number of hydrogen-bond acceptors (Lipinski definition) is 3. The minimum absolute atomic E-state index is 0.206. The minimum atomic E-state index is 0.206. The predicted molar refractivity (Wildman–Crippen MR) is 95.6 cm³/mol. The van der Waals surface area contributed by atoms with Crippen molar-refractivity contribution in [1.29, 1.82) is 0 Å². The average molecular weight is 320 g/mol. The predicted octanol–water partition coefficient (Wildman–Crippen LogP) is 3.27. The van der Waals surface area contributed by atoms with E-state index in [1.165, 1.54) is 0 Å². The van der Waals surface area contributed by atoms with Gasteiger partial charge in [-0.25, -0.2) is 0 Å². The van der Waals surface area contributed by atoms with Gasteiger partial charge in [0.05, 0.1) is 13.7 Å². The molecule has 0 fully saturated rings. The zero-order chi connectivity index (χ0) is 17.4. The molecule has 0 aliphatic heterocycles. The van der Waals surface area contributed by atoms with Crippen LogP contribution in [0, 0.1) is 11.8 Å². The van der Waals surface area contributed by atoms with Crippen molar-refractivity contribution in [1.82, 2.24) is 9.80 Å². The lowest BCUT2D eigenvalue weighted by Crippen LogP contribution is -2.42. The van der Waals surface area contributed by atoms with Crippen molar-refractivity contribution >= 4 is 5.91 Å². The molecular weight excluding hydrogens is 288 g/mol. The van der Waals surface area contributed by atoms with Crippen molar-refractivity contribution in [3.8, 4) is 5.75 Å². The van der Waals surface area contributed by atoms with Crippen LogP contribution in [0.5, 0.6) is 5.75 Å². The molecule has 0 N–H and O–H groups in total. The number of carbonyl (C=O) groups is 1. The number of benzene rings is 1. The highest BCUT2D eigenvalue weighted by molar-refractivity contribution is 5.78. The molecule has 23 heavy (non-hydrogen) atoms. The maximum Gasteiger partial charge on any atom is 0.236 e. The zero-order valence-electron chi connectivity index (χ0n) is 15.5. The van der Waals surface area contributed by atoms with Crippen molar-refractivity contribution in [3.05, 3.63) is 29.8 Å². The molecule has 1 amide bonds. The Morgan fingerprint density at radius 2 is 1.74 bits per heavy atom. The van der Waals surface area contributed by atoms with Gasteiger partial charge in [0, 0.05) is 19.6 Å². The van der Waals surface area contributed by atoms with E-state index in [0.717, 1.165) is 30.9 Å². The standard InChI is InChI=1S/C19H32N2O2/c1-15(2)11-21(12-16(3)4)19(22)14-20(5)13-17-8-7-9-18(10-17)23-6/h7-10,15-16H,11-14H2,1-6H3. The quantitative estimate of drug-likeness (QED) is 0.700. The van der Waals surface area contributed by atoms with E-state index in [1.54, 1.807) is 7.11 Å². The third-order valence-corrected chi connectivity index (χ3v) is 3.52. The first-order chi connectivity index (χ1) is 10.8. The first-order valence-corrected chi connectivity index (χ1v) is 8.41. The van der Waals surface area contributed by atoms with Gasteiger partial charge in [-0.1, -0.05) is 39.8 Å². The Hall–Kier alpha value is -1.55. The largest absolute Gasteiger partial charge is 0.497 e. The van der Waals surface area contributed by atoms with Gasteiger partial charge in [0.2, 0.25) is 5.91 Å². The Bertz CT molecular complexity index is 476. The molecule has 0 atom stereocenters. The monoisotopic (exact) mass is 320 g/mol. The topological polar surface area (TPSA) is 32.8 Å².